The van der Waals surface area contributed by atoms with Crippen LogP contribution in [0.3, 0.4) is 0 Å². The summed E-state index contributed by atoms with van der Waals surface area (Å²) < 4.78 is 18.9. The Morgan fingerprint density at radius 2 is 1.90 bits per heavy atom. The smallest absolute Gasteiger partial charge is 0.250 e. The fraction of sp³-hybridized carbons (Fsp3) is 0.0476. The van der Waals surface area contributed by atoms with Gasteiger partial charge in [-0.2, -0.15) is 0 Å². The van der Waals surface area contributed by atoms with Crippen LogP contribution in [0.5, 0.6) is 0 Å². The van der Waals surface area contributed by atoms with Gasteiger partial charge in [0.2, 0.25) is 5.91 Å². The minimum atomic E-state index is -0.541. The molecule has 1 amide bonds. The van der Waals surface area contributed by atoms with Gasteiger partial charge in [0, 0.05) is 22.3 Å². The van der Waals surface area contributed by atoms with E-state index < -0.39 is 11.7 Å². The van der Waals surface area contributed by atoms with Gasteiger partial charge in [-0.3, -0.25) is 10.1 Å². The summed E-state index contributed by atoms with van der Waals surface area (Å²) in [5.74, 6) is 0.140. The number of hydrogen-bond acceptors (Lipinski definition) is 3. The molecule has 8 heteroatoms. The first-order chi connectivity index (χ1) is 13.8. The van der Waals surface area contributed by atoms with E-state index in [1.54, 1.807) is 12.1 Å². The van der Waals surface area contributed by atoms with Gasteiger partial charge in [-0.25, -0.2) is 4.39 Å². The first-order valence-electron chi connectivity index (χ1n) is 8.43. The fourth-order valence-corrected chi connectivity index (χ4v) is 2.97. The van der Waals surface area contributed by atoms with Gasteiger partial charge in [0.25, 0.3) is 0 Å². The molecule has 0 unspecified atom stereocenters. The molecule has 29 heavy (non-hydrogen) atoms. The number of carbonyl (C=O) groups is 1. The molecule has 2 N–H and O–H groups in total. The largest absolute Gasteiger partial charge is 0.457 e. The van der Waals surface area contributed by atoms with Crippen LogP contribution in [-0.4, -0.2) is 11.0 Å². The fourth-order valence-electron chi connectivity index (χ4n) is 2.39. The number of benzene rings is 2. The van der Waals surface area contributed by atoms with Crippen molar-refractivity contribution in [3.63, 3.8) is 0 Å². The Kier molecular flexibility index (Phi) is 6.69. The predicted octanol–water partition coefficient (Wildman–Crippen LogP) is 6.23. The zero-order valence-electron chi connectivity index (χ0n) is 15.1. The van der Waals surface area contributed by atoms with Crippen molar-refractivity contribution in [2.45, 2.75) is 6.92 Å². The van der Waals surface area contributed by atoms with E-state index in [0.29, 0.717) is 22.2 Å². The Balaban J connectivity index is 1.59. The molecule has 2 aromatic carbocycles. The summed E-state index contributed by atoms with van der Waals surface area (Å²) in [4.78, 5) is 12.0. The summed E-state index contributed by atoms with van der Waals surface area (Å²) in [6.07, 6.45) is 2.81. The first kappa shape index (κ1) is 21.0. The van der Waals surface area contributed by atoms with E-state index in [1.807, 2.05) is 25.1 Å². The van der Waals surface area contributed by atoms with Crippen LogP contribution < -0.4 is 10.6 Å². The van der Waals surface area contributed by atoms with Crippen LogP contribution in [-0.2, 0) is 4.79 Å². The van der Waals surface area contributed by atoms with E-state index in [4.69, 9.17) is 39.8 Å². The number of anilines is 1. The standard InChI is InChI=1S/C21H15Cl2FN2O2S/c1-12-2-3-13(10-16(12)22)19-8-5-15(28-19)6-9-20(27)26-21(29)25-14-4-7-18(24)17(23)11-14/h2-11H,1H3,(H2,25,26,27,29)/b9-6+. The van der Waals surface area contributed by atoms with E-state index in [1.165, 1.54) is 30.4 Å². The van der Waals surface area contributed by atoms with Crippen LogP contribution in [0.2, 0.25) is 10.0 Å². The van der Waals surface area contributed by atoms with Gasteiger partial charge in [-0.05, 0) is 67.2 Å². The van der Waals surface area contributed by atoms with Crippen LogP contribution in [0.4, 0.5) is 10.1 Å². The topological polar surface area (TPSA) is 54.3 Å². The summed E-state index contributed by atoms with van der Waals surface area (Å²) in [7, 11) is 0. The number of nitrogens with one attached hydrogen (secondary N) is 2. The molecule has 0 saturated carbocycles. The van der Waals surface area contributed by atoms with Crippen molar-refractivity contribution in [1.82, 2.24) is 5.32 Å². The van der Waals surface area contributed by atoms with Crippen molar-refractivity contribution in [2.75, 3.05) is 5.32 Å². The van der Waals surface area contributed by atoms with Crippen molar-refractivity contribution < 1.29 is 13.6 Å². The molecule has 0 aliphatic rings. The SMILES string of the molecule is Cc1ccc(-c2ccc(/C=C/C(=O)NC(=S)Nc3ccc(F)c(Cl)c3)o2)cc1Cl. The Morgan fingerprint density at radius 3 is 2.62 bits per heavy atom. The number of carbonyl (C=O) groups excluding carboxylic acids is 1. The van der Waals surface area contributed by atoms with Crippen LogP contribution in [0.1, 0.15) is 11.3 Å². The molecule has 0 spiro atoms. The lowest BCUT2D eigenvalue weighted by molar-refractivity contribution is -0.115. The molecular weight excluding hydrogens is 434 g/mol. The van der Waals surface area contributed by atoms with Gasteiger partial charge in [-0.15, -0.1) is 0 Å². The number of hydrogen-bond donors (Lipinski definition) is 2. The third kappa shape index (κ3) is 5.67. The van der Waals surface area contributed by atoms with E-state index in [9.17, 15) is 9.18 Å². The molecular formula is C21H15Cl2FN2O2S. The van der Waals surface area contributed by atoms with E-state index in [0.717, 1.165) is 11.1 Å². The second-order valence-electron chi connectivity index (χ2n) is 6.07. The maximum Gasteiger partial charge on any atom is 0.250 e. The molecule has 0 aliphatic carbocycles. The number of amides is 1. The average molecular weight is 449 g/mol. The number of furan rings is 1. The number of thiocarbonyl (C=S) groups is 1. The molecule has 1 aromatic heterocycles. The Labute approximate surface area is 182 Å². The minimum Gasteiger partial charge on any atom is -0.457 e. The molecule has 1 heterocycles. The predicted molar refractivity (Wildman–Crippen MR) is 119 cm³/mol. The van der Waals surface area contributed by atoms with Gasteiger partial charge < -0.3 is 9.73 Å². The average Bonchev–Trinajstić information content (AvgIpc) is 3.14. The summed E-state index contributed by atoms with van der Waals surface area (Å²) in [6.45, 7) is 1.92. The maximum atomic E-state index is 13.2. The third-order valence-electron chi connectivity index (χ3n) is 3.90. The monoisotopic (exact) mass is 448 g/mol. The zero-order chi connectivity index (χ0) is 21.0. The zero-order valence-corrected chi connectivity index (χ0v) is 17.5. The van der Waals surface area contributed by atoms with E-state index in [-0.39, 0.29) is 10.1 Å². The van der Waals surface area contributed by atoms with Crippen molar-refractivity contribution in [1.29, 1.82) is 0 Å². The lowest BCUT2D eigenvalue weighted by Crippen LogP contribution is -2.32. The van der Waals surface area contributed by atoms with Crippen molar-refractivity contribution in [3.05, 3.63) is 81.8 Å². The van der Waals surface area contributed by atoms with Gasteiger partial charge >= 0.3 is 0 Å². The number of rotatable bonds is 4. The van der Waals surface area contributed by atoms with Crippen molar-refractivity contribution >= 4 is 58.2 Å². The highest BCUT2D eigenvalue weighted by Crippen LogP contribution is 2.27. The molecule has 3 rings (SSSR count). The molecule has 0 radical (unpaired) electrons. The molecule has 3 aromatic rings. The van der Waals surface area contributed by atoms with Crippen LogP contribution in [0, 0.1) is 12.7 Å². The molecule has 0 atom stereocenters. The van der Waals surface area contributed by atoms with Gasteiger partial charge in [-0.1, -0.05) is 35.3 Å². The Bertz CT molecular complexity index is 1110. The quantitative estimate of drug-likeness (QED) is 0.367. The van der Waals surface area contributed by atoms with Crippen LogP contribution >= 0.6 is 35.4 Å². The molecule has 0 bridgehead atoms. The highest BCUT2D eigenvalue weighted by molar-refractivity contribution is 7.80. The molecule has 4 nitrogen and oxygen atoms in total. The second kappa shape index (κ2) is 9.22. The third-order valence-corrected chi connectivity index (χ3v) is 4.80. The first-order valence-corrected chi connectivity index (χ1v) is 9.60. The number of aryl methyl sites for hydroxylation is 1. The van der Waals surface area contributed by atoms with Crippen molar-refractivity contribution in [2.24, 2.45) is 0 Å². The van der Waals surface area contributed by atoms with E-state index >= 15 is 0 Å². The van der Waals surface area contributed by atoms with E-state index in [2.05, 4.69) is 10.6 Å². The normalized spacial score (nSPS) is 10.9. The van der Waals surface area contributed by atoms with Crippen LogP contribution in [0.15, 0.2) is 59.0 Å². The lowest BCUT2D eigenvalue weighted by Gasteiger charge is -2.08. The lowest BCUT2D eigenvalue weighted by atomic mass is 10.1. The molecule has 0 saturated heterocycles. The van der Waals surface area contributed by atoms with Gasteiger partial charge in [0.15, 0.2) is 5.11 Å². The summed E-state index contributed by atoms with van der Waals surface area (Å²) >= 11 is 16.9. The molecule has 0 fully saturated rings. The number of halogens is 3. The highest BCUT2D eigenvalue weighted by atomic mass is 35.5. The minimum absolute atomic E-state index is 0.0486. The maximum absolute atomic E-state index is 13.2. The highest BCUT2D eigenvalue weighted by Gasteiger charge is 2.07. The summed E-state index contributed by atoms with van der Waals surface area (Å²) in [6, 6.07) is 13.2. The summed E-state index contributed by atoms with van der Waals surface area (Å²) in [5, 5.41) is 5.89. The Morgan fingerprint density at radius 1 is 1.10 bits per heavy atom. The summed E-state index contributed by atoms with van der Waals surface area (Å²) in [5.41, 5.74) is 2.28. The second-order valence-corrected chi connectivity index (χ2v) is 7.29. The van der Waals surface area contributed by atoms with Crippen LogP contribution in [0.25, 0.3) is 17.4 Å². The Hall–Kier alpha value is -2.67. The molecule has 148 valence electrons. The molecule has 0 aliphatic heterocycles. The van der Waals surface area contributed by atoms with Crippen molar-refractivity contribution in [3.8, 4) is 11.3 Å². The van der Waals surface area contributed by atoms with Gasteiger partial charge in [0.1, 0.15) is 17.3 Å². The van der Waals surface area contributed by atoms with Gasteiger partial charge in [0.05, 0.1) is 5.02 Å².